The highest BCUT2D eigenvalue weighted by molar-refractivity contribution is 5.68. The summed E-state index contributed by atoms with van der Waals surface area (Å²) in [4.78, 5) is 18.2. The summed E-state index contributed by atoms with van der Waals surface area (Å²) in [5.74, 6) is 2.51. The summed E-state index contributed by atoms with van der Waals surface area (Å²) >= 11 is 0. The van der Waals surface area contributed by atoms with E-state index in [0.29, 0.717) is 35.1 Å². The Bertz CT molecular complexity index is 990. The van der Waals surface area contributed by atoms with E-state index in [4.69, 9.17) is 20.4 Å². The fraction of sp³-hybridized carbons (Fsp3) is 0.571. The van der Waals surface area contributed by atoms with Crippen LogP contribution in [0, 0.1) is 11.8 Å². The van der Waals surface area contributed by atoms with Crippen molar-refractivity contribution in [3.63, 3.8) is 0 Å². The van der Waals surface area contributed by atoms with E-state index in [-0.39, 0.29) is 17.7 Å². The number of nitrogen functional groups attached to an aromatic ring is 1. The zero-order chi connectivity index (χ0) is 21.1. The number of rotatable bonds is 5. The van der Waals surface area contributed by atoms with Crippen molar-refractivity contribution >= 4 is 17.6 Å². The summed E-state index contributed by atoms with van der Waals surface area (Å²) in [6.45, 7) is 0.501. The molecule has 5 fully saturated rings. The lowest BCUT2D eigenvalue weighted by Crippen LogP contribution is -2.31. The minimum atomic E-state index is -2.98. The van der Waals surface area contributed by atoms with E-state index in [1.54, 1.807) is 0 Å². The van der Waals surface area contributed by atoms with E-state index in [1.165, 1.54) is 25.1 Å². The lowest BCUT2D eigenvalue weighted by atomic mass is 9.86. The first-order chi connectivity index (χ1) is 15.0. The Hall–Kier alpha value is -2.75. The predicted octanol–water partition coefficient (Wildman–Crippen LogP) is 2.55. The fourth-order valence-corrected chi connectivity index (χ4v) is 5.29. The van der Waals surface area contributed by atoms with E-state index in [1.807, 2.05) is 6.07 Å². The van der Waals surface area contributed by atoms with Crippen LogP contribution in [-0.2, 0) is 4.74 Å². The highest BCUT2D eigenvalue weighted by Crippen LogP contribution is 2.43. The molecule has 6 heterocycles. The van der Waals surface area contributed by atoms with Gasteiger partial charge in [0.05, 0.1) is 11.8 Å². The van der Waals surface area contributed by atoms with E-state index in [0.717, 1.165) is 38.5 Å². The third kappa shape index (κ3) is 3.33. The summed E-state index contributed by atoms with van der Waals surface area (Å²) in [5.41, 5.74) is 6.90. The van der Waals surface area contributed by atoms with Gasteiger partial charge in [-0.05, 0) is 31.2 Å². The highest BCUT2D eigenvalue weighted by Gasteiger charge is 2.44. The molecule has 2 atom stereocenters. The van der Waals surface area contributed by atoms with Crippen LogP contribution in [-0.4, -0.2) is 60.0 Å². The van der Waals surface area contributed by atoms with Crippen molar-refractivity contribution in [2.45, 2.75) is 38.0 Å². The van der Waals surface area contributed by atoms with Gasteiger partial charge in [0.25, 0.3) is 0 Å². The molecule has 0 spiro atoms. The number of fused-ring (bicyclic) bond motifs is 2. The summed E-state index contributed by atoms with van der Waals surface area (Å²) in [6, 6.07) is 3.84. The second kappa shape index (κ2) is 7.15. The average molecular weight is 430 g/mol. The number of aromatic nitrogens is 3. The van der Waals surface area contributed by atoms with Crippen LogP contribution in [0.25, 0.3) is 11.3 Å². The van der Waals surface area contributed by atoms with E-state index in [9.17, 15) is 8.78 Å². The average Bonchev–Trinajstić information content (AvgIpc) is 3.48. The largest absolute Gasteiger partial charge is 0.431 e. The third-order valence-corrected chi connectivity index (χ3v) is 6.98. The molecule has 7 rings (SSSR count). The van der Waals surface area contributed by atoms with Crippen molar-refractivity contribution < 1.29 is 18.3 Å². The Balaban J connectivity index is 1.38. The number of nitrogens with two attached hydrogens (primary N) is 1. The molecule has 2 aromatic heterocycles. The molecule has 4 saturated heterocycles. The normalized spacial score (nSPS) is 28.9. The second-order valence-electron chi connectivity index (χ2n) is 8.90. The maximum absolute atomic E-state index is 12.8. The van der Waals surface area contributed by atoms with E-state index >= 15 is 0 Å². The molecular formula is C21H24F2N6O2. The topological polar surface area (TPSA) is 89.6 Å². The maximum atomic E-state index is 12.8. The first-order valence-corrected chi connectivity index (χ1v) is 10.8. The number of hydrogen-bond donors (Lipinski definition) is 1. The highest BCUT2D eigenvalue weighted by atomic mass is 19.3. The van der Waals surface area contributed by atoms with Gasteiger partial charge in [0.2, 0.25) is 5.95 Å². The second-order valence-corrected chi connectivity index (χ2v) is 8.90. The van der Waals surface area contributed by atoms with Crippen LogP contribution in [0.1, 0.15) is 19.3 Å². The minimum absolute atomic E-state index is 0.0802. The van der Waals surface area contributed by atoms with Crippen LogP contribution < -0.4 is 20.3 Å². The van der Waals surface area contributed by atoms with Gasteiger partial charge in [-0.2, -0.15) is 13.8 Å². The Morgan fingerprint density at radius 3 is 2.77 bits per heavy atom. The number of anilines is 3. The van der Waals surface area contributed by atoms with Crippen molar-refractivity contribution in [2.75, 3.05) is 41.8 Å². The lowest BCUT2D eigenvalue weighted by Gasteiger charge is -2.27. The van der Waals surface area contributed by atoms with Gasteiger partial charge in [0.15, 0.2) is 11.6 Å². The van der Waals surface area contributed by atoms with Gasteiger partial charge in [0.1, 0.15) is 5.82 Å². The molecular weight excluding hydrogens is 406 g/mol. The van der Waals surface area contributed by atoms with Crippen molar-refractivity contribution in [2.24, 2.45) is 11.8 Å². The van der Waals surface area contributed by atoms with Crippen molar-refractivity contribution in [1.82, 2.24) is 15.0 Å². The third-order valence-electron chi connectivity index (χ3n) is 6.98. The number of halogens is 2. The van der Waals surface area contributed by atoms with Crippen molar-refractivity contribution in [3.05, 3.63) is 18.3 Å². The molecule has 8 nitrogen and oxygen atoms in total. The number of pyridine rings is 1. The molecule has 4 aliphatic heterocycles. The molecule has 2 bridgehead atoms. The molecule has 31 heavy (non-hydrogen) atoms. The van der Waals surface area contributed by atoms with Crippen LogP contribution in [0.5, 0.6) is 5.75 Å². The molecule has 5 aliphatic rings. The number of hydrogen-bond acceptors (Lipinski definition) is 8. The number of ether oxygens (including phenoxy) is 2. The van der Waals surface area contributed by atoms with Crippen molar-refractivity contribution in [3.8, 4) is 17.0 Å². The predicted molar refractivity (Wildman–Crippen MR) is 110 cm³/mol. The Morgan fingerprint density at radius 1 is 1.16 bits per heavy atom. The summed E-state index contributed by atoms with van der Waals surface area (Å²) in [5, 5.41) is 0. The van der Waals surface area contributed by atoms with Crippen molar-refractivity contribution in [1.29, 1.82) is 0 Å². The van der Waals surface area contributed by atoms with Gasteiger partial charge < -0.3 is 25.0 Å². The molecule has 0 radical (unpaired) electrons. The number of alkyl halides is 2. The van der Waals surface area contributed by atoms with E-state index in [2.05, 4.69) is 19.5 Å². The van der Waals surface area contributed by atoms with Crippen LogP contribution in [0.15, 0.2) is 18.3 Å². The monoisotopic (exact) mass is 430 g/mol. The zero-order valence-electron chi connectivity index (χ0n) is 17.0. The maximum Gasteiger partial charge on any atom is 0.387 e. The summed E-state index contributed by atoms with van der Waals surface area (Å²) < 4.78 is 35.9. The first-order valence-electron chi connectivity index (χ1n) is 10.8. The molecule has 0 aromatic carbocycles. The zero-order valence-corrected chi connectivity index (χ0v) is 17.0. The molecule has 0 amide bonds. The van der Waals surface area contributed by atoms with Gasteiger partial charge in [-0.25, -0.2) is 9.97 Å². The van der Waals surface area contributed by atoms with Gasteiger partial charge in [-0.15, -0.1) is 0 Å². The Morgan fingerprint density at radius 2 is 2.03 bits per heavy atom. The van der Waals surface area contributed by atoms with Crippen LogP contribution >= 0.6 is 0 Å². The van der Waals surface area contributed by atoms with Gasteiger partial charge >= 0.3 is 6.61 Å². The fourth-order valence-electron chi connectivity index (χ4n) is 5.29. The van der Waals surface area contributed by atoms with Gasteiger partial charge in [-0.3, -0.25) is 0 Å². The standard InChI is InChI=1S/C21H24F2N6O2/c22-20(23)31-16-5-13(7-25-19(16)24)15-6-18(28-9-12-1-2-30-17(12)10-28)27-21(26-15)29-8-11-3-14(29)4-11/h5-7,11-12,14,17,20H,1-4,8-10H2,(H2,24,25)/t11?,12-,14?,17+/m0/s1. The lowest BCUT2D eigenvalue weighted by molar-refractivity contribution is -0.0494. The molecule has 2 N–H and O–H groups in total. The smallest absolute Gasteiger partial charge is 0.387 e. The van der Waals surface area contributed by atoms with Crippen LogP contribution in [0.4, 0.5) is 26.4 Å². The van der Waals surface area contributed by atoms with Crippen LogP contribution in [0.3, 0.4) is 0 Å². The van der Waals surface area contributed by atoms with Crippen LogP contribution in [0.2, 0.25) is 0 Å². The molecule has 2 aromatic rings. The Kier molecular flexibility index (Phi) is 4.38. The SMILES string of the molecule is Nc1ncc(-c2cc(N3C[C@@H]4CCO[C@@H]4C3)nc(N3CC4CC3C4)n2)cc1OC(F)F. The van der Waals surface area contributed by atoms with E-state index < -0.39 is 6.61 Å². The molecule has 1 saturated carbocycles. The molecule has 10 heteroatoms. The number of nitrogens with zero attached hydrogens (tertiary/aromatic N) is 5. The summed E-state index contributed by atoms with van der Waals surface area (Å²) in [6.07, 6.45) is 5.21. The summed E-state index contributed by atoms with van der Waals surface area (Å²) in [7, 11) is 0. The minimum Gasteiger partial charge on any atom is -0.431 e. The molecule has 164 valence electrons. The Labute approximate surface area is 178 Å². The van der Waals surface area contributed by atoms with Gasteiger partial charge in [0, 0.05) is 56.0 Å². The molecule has 0 unspecified atom stereocenters. The van der Waals surface area contributed by atoms with Gasteiger partial charge in [-0.1, -0.05) is 0 Å². The quantitative estimate of drug-likeness (QED) is 0.774. The molecule has 1 aliphatic carbocycles. The first kappa shape index (κ1) is 19.0.